The predicted octanol–water partition coefficient (Wildman–Crippen LogP) is -1.01. The minimum absolute atomic E-state index is 0.120. The molecule has 2 amide bonds. The molecule has 1 aromatic carbocycles. The number of fused-ring (bicyclic) bond motifs is 3. The molecule has 0 spiro atoms. The lowest BCUT2D eigenvalue weighted by molar-refractivity contribution is -0.158. The maximum Gasteiger partial charge on any atom is 0.255 e. The summed E-state index contributed by atoms with van der Waals surface area (Å²) >= 11 is 0. The van der Waals surface area contributed by atoms with E-state index in [-0.39, 0.29) is 5.69 Å². The van der Waals surface area contributed by atoms with E-state index in [0.29, 0.717) is 0 Å². The van der Waals surface area contributed by atoms with Gasteiger partial charge in [-0.15, -0.1) is 0 Å². The maximum atomic E-state index is 13.4. The van der Waals surface area contributed by atoms with Gasteiger partial charge in [0.15, 0.2) is 17.2 Å². The van der Waals surface area contributed by atoms with Gasteiger partial charge in [-0.3, -0.25) is 24.0 Å². The van der Waals surface area contributed by atoms with E-state index in [9.17, 15) is 49.5 Å². The molecule has 0 bridgehead atoms. The number of hydrogen-bond donors (Lipinski definition) is 7. The number of phenols is 1. The molecule has 1 fully saturated rings. The Labute approximate surface area is 184 Å². The number of phenolic OH excluding ortho intramolecular Hbond substituents is 1. The van der Waals surface area contributed by atoms with Crippen LogP contribution in [0.4, 0.5) is 5.69 Å². The third kappa shape index (κ3) is 2.74. The number of Topliss-reactive ketones (excluding diaryl/α,β-unsaturated/α-hetero) is 3. The molecule has 0 saturated heterocycles. The molecule has 4 atom stereocenters. The van der Waals surface area contributed by atoms with Crippen molar-refractivity contribution in [2.24, 2.45) is 17.6 Å². The molecular formula is C21H18N2O10. The number of carbonyl (C=O) groups is 5. The number of hydrogen-bond acceptors (Lipinski definition) is 10. The van der Waals surface area contributed by atoms with Gasteiger partial charge in [0, 0.05) is 19.3 Å². The largest absolute Gasteiger partial charge is 0.508 e. The van der Waals surface area contributed by atoms with Crippen LogP contribution in [-0.2, 0) is 19.2 Å². The lowest BCUT2D eigenvalue weighted by Crippen LogP contribution is -2.64. The Morgan fingerprint density at radius 2 is 1.76 bits per heavy atom. The van der Waals surface area contributed by atoms with E-state index in [1.54, 1.807) is 0 Å². The van der Waals surface area contributed by atoms with E-state index in [1.807, 2.05) is 0 Å². The van der Waals surface area contributed by atoms with Gasteiger partial charge in [-0.05, 0) is 12.1 Å². The number of anilines is 1. The van der Waals surface area contributed by atoms with Crippen molar-refractivity contribution in [3.63, 3.8) is 0 Å². The predicted molar refractivity (Wildman–Crippen MR) is 108 cm³/mol. The smallest absolute Gasteiger partial charge is 0.255 e. The van der Waals surface area contributed by atoms with E-state index in [0.717, 1.165) is 13.0 Å². The van der Waals surface area contributed by atoms with Crippen LogP contribution in [0.2, 0.25) is 0 Å². The van der Waals surface area contributed by atoms with E-state index < -0.39 is 98.7 Å². The monoisotopic (exact) mass is 458 g/mol. The SMILES string of the molecule is CC(=O)Nc1ccc(O)c2c1C(=O)[C@@H]1C(=C2O)C(=O)[C@]2(O)C(O)=C(C(N)=O)C(=O)C[C@@H]2[C@H]1O. The summed E-state index contributed by atoms with van der Waals surface area (Å²) in [4.78, 5) is 62.3. The quantitative estimate of drug-likeness (QED) is 0.211. The maximum absolute atomic E-state index is 13.4. The lowest BCUT2D eigenvalue weighted by Gasteiger charge is -2.48. The van der Waals surface area contributed by atoms with Crippen LogP contribution >= 0.6 is 0 Å². The first-order chi connectivity index (χ1) is 15.3. The van der Waals surface area contributed by atoms with Crippen molar-refractivity contribution in [2.75, 3.05) is 5.32 Å². The van der Waals surface area contributed by atoms with E-state index >= 15 is 0 Å². The molecular weight excluding hydrogens is 440 g/mol. The Hall–Kier alpha value is -4.03. The lowest BCUT2D eigenvalue weighted by atomic mass is 9.57. The van der Waals surface area contributed by atoms with Gasteiger partial charge < -0.3 is 36.6 Å². The van der Waals surface area contributed by atoms with Crippen LogP contribution < -0.4 is 11.1 Å². The average molecular weight is 458 g/mol. The zero-order valence-electron chi connectivity index (χ0n) is 16.9. The topological polar surface area (TPSA) is 225 Å². The van der Waals surface area contributed by atoms with Crippen molar-refractivity contribution in [3.8, 4) is 5.75 Å². The summed E-state index contributed by atoms with van der Waals surface area (Å²) in [6.45, 7) is 1.14. The third-order valence-electron chi connectivity index (χ3n) is 6.24. The normalized spacial score (nSPS) is 28.8. The molecule has 4 rings (SSSR count). The first-order valence-corrected chi connectivity index (χ1v) is 9.67. The molecule has 1 aromatic rings. The molecule has 0 radical (unpaired) electrons. The van der Waals surface area contributed by atoms with Crippen molar-refractivity contribution in [1.82, 2.24) is 0 Å². The fraction of sp³-hybridized carbons (Fsp3) is 0.286. The highest BCUT2D eigenvalue weighted by Gasteiger charge is 2.65. The number of aromatic hydroxyl groups is 1. The van der Waals surface area contributed by atoms with E-state index in [1.165, 1.54) is 6.07 Å². The van der Waals surface area contributed by atoms with E-state index in [4.69, 9.17) is 5.73 Å². The van der Waals surface area contributed by atoms with Crippen molar-refractivity contribution in [3.05, 3.63) is 40.2 Å². The number of ketones is 3. The number of benzene rings is 1. The summed E-state index contributed by atoms with van der Waals surface area (Å²) in [7, 11) is 0. The highest BCUT2D eigenvalue weighted by molar-refractivity contribution is 6.26. The first kappa shape index (κ1) is 22.2. The Bertz CT molecular complexity index is 1260. The minimum atomic E-state index is -3.04. The summed E-state index contributed by atoms with van der Waals surface area (Å²) in [6, 6.07) is 2.22. The zero-order valence-corrected chi connectivity index (χ0v) is 16.9. The van der Waals surface area contributed by atoms with Crippen LogP contribution in [-0.4, -0.2) is 66.4 Å². The van der Waals surface area contributed by atoms with Gasteiger partial charge >= 0.3 is 0 Å². The van der Waals surface area contributed by atoms with Gasteiger partial charge in [-0.25, -0.2) is 0 Å². The van der Waals surface area contributed by atoms with Gasteiger partial charge in [-0.2, -0.15) is 0 Å². The third-order valence-corrected chi connectivity index (χ3v) is 6.24. The molecule has 172 valence electrons. The fourth-order valence-corrected chi connectivity index (χ4v) is 4.81. The number of aliphatic hydroxyl groups excluding tert-OH is 3. The summed E-state index contributed by atoms with van der Waals surface area (Å²) < 4.78 is 0. The second-order valence-electron chi connectivity index (χ2n) is 8.08. The van der Waals surface area contributed by atoms with E-state index in [2.05, 4.69) is 5.32 Å². The van der Waals surface area contributed by atoms with Crippen LogP contribution in [0.15, 0.2) is 29.0 Å². The second kappa shape index (κ2) is 6.98. The standard InChI is InChI=1S/C21H18N2O10/c1-5(24)23-7-2-3-8(25)11-10(7)16(28)13-14(17(11)29)19(31)21(33)6(15(13)27)4-9(26)12(18(21)30)20(22)32/h2-3,6,13,15,25,27,29-30,33H,4H2,1H3,(H2,22,32)(H,23,24)/t6-,13-,15-,21-/m1/s1. The molecule has 12 nitrogen and oxygen atoms in total. The summed E-state index contributed by atoms with van der Waals surface area (Å²) in [6.07, 6.45) is -2.80. The summed E-state index contributed by atoms with van der Waals surface area (Å²) in [5.74, 6) is -12.1. The number of primary amides is 1. The second-order valence-corrected chi connectivity index (χ2v) is 8.08. The minimum Gasteiger partial charge on any atom is -0.508 e. The molecule has 3 aliphatic rings. The number of nitrogens with two attached hydrogens (primary N) is 1. The Morgan fingerprint density at radius 1 is 1.12 bits per heavy atom. The number of rotatable bonds is 2. The number of aliphatic hydroxyl groups is 4. The van der Waals surface area contributed by atoms with Gasteiger partial charge in [0.1, 0.15) is 22.8 Å². The molecule has 0 aliphatic heterocycles. The molecule has 12 heteroatoms. The van der Waals surface area contributed by atoms with Crippen LogP contribution in [0, 0.1) is 11.8 Å². The fourth-order valence-electron chi connectivity index (χ4n) is 4.81. The van der Waals surface area contributed by atoms with Crippen LogP contribution in [0.1, 0.15) is 29.3 Å². The van der Waals surface area contributed by atoms with Gasteiger partial charge in [0.2, 0.25) is 11.7 Å². The van der Waals surface area contributed by atoms with Gasteiger partial charge in [0.25, 0.3) is 5.91 Å². The highest BCUT2D eigenvalue weighted by Crippen LogP contribution is 2.52. The molecule has 0 unspecified atom stereocenters. The Balaban J connectivity index is 2.03. The van der Waals surface area contributed by atoms with Crippen LogP contribution in [0.3, 0.4) is 0 Å². The van der Waals surface area contributed by atoms with Crippen molar-refractivity contribution in [2.45, 2.75) is 25.0 Å². The molecule has 3 aliphatic carbocycles. The van der Waals surface area contributed by atoms with Crippen molar-refractivity contribution in [1.29, 1.82) is 0 Å². The molecule has 33 heavy (non-hydrogen) atoms. The van der Waals surface area contributed by atoms with Crippen LogP contribution in [0.25, 0.3) is 5.76 Å². The first-order valence-electron chi connectivity index (χ1n) is 9.67. The van der Waals surface area contributed by atoms with Gasteiger partial charge in [0.05, 0.1) is 34.4 Å². The molecule has 8 N–H and O–H groups in total. The summed E-state index contributed by atoms with van der Waals surface area (Å²) in [5, 5.41) is 56.1. The molecule has 1 saturated carbocycles. The van der Waals surface area contributed by atoms with Crippen LogP contribution in [0.5, 0.6) is 5.75 Å². The molecule has 0 heterocycles. The number of amides is 2. The summed E-state index contributed by atoms with van der Waals surface area (Å²) in [5.41, 5.74) is -0.880. The highest BCUT2D eigenvalue weighted by atomic mass is 16.4. The average Bonchev–Trinajstić information content (AvgIpc) is 2.71. The zero-order chi connectivity index (χ0) is 24.6. The van der Waals surface area contributed by atoms with Crippen molar-refractivity contribution < 1.29 is 49.5 Å². The number of nitrogens with one attached hydrogen (secondary N) is 1. The number of carbonyl (C=O) groups excluding carboxylic acids is 5. The molecule has 0 aromatic heterocycles. The Morgan fingerprint density at radius 3 is 2.33 bits per heavy atom. The van der Waals surface area contributed by atoms with Crippen molar-refractivity contribution >= 4 is 40.6 Å². The van der Waals surface area contributed by atoms with Gasteiger partial charge in [-0.1, -0.05) is 0 Å². The Kier molecular flexibility index (Phi) is 4.69.